The van der Waals surface area contributed by atoms with Gasteiger partial charge in [0.05, 0.1) is 16.1 Å². The van der Waals surface area contributed by atoms with E-state index in [1.165, 1.54) is 28.6 Å². The number of aliphatic imine (C=N–C) groups is 1. The van der Waals surface area contributed by atoms with Gasteiger partial charge >= 0.3 is 0 Å². The summed E-state index contributed by atoms with van der Waals surface area (Å²) in [4.78, 5) is 20.4. The van der Waals surface area contributed by atoms with Gasteiger partial charge in [-0.1, -0.05) is 25.1 Å². The minimum Gasteiger partial charge on any atom is -0.362 e. The van der Waals surface area contributed by atoms with Crippen molar-refractivity contribution < 1.29 is 4.79 Å². The molecule has 0 saturated carbocycles. The van der Waals surface area contributed by atoms with E-state index in [0.29, 0.717) is 10.1 Å². The van der Waals surface area contributed by atoms with Crippen molar-refractivity contribution in [3.8, 4) is 0 Å². The topological polar surface area (TPSA) is 44.7 Å². The number of amidine groups is 1. The first kappa shape index (κ1) is 22.4. The lowest BCUT2D eigenvalue weighted by molar-refractivity contribution is -0.115. The summed E-state index contributed by atoms with van der Waals surface area (Å²) in [5, 5.41) is 3.52. The lowest BCUT2D eigenvalue weighted by Gasteiger charge is -2.43. The summed E-state index contributed by atoms with van der Waals surface area (Å²) in [6, 6.07) is 12.7. The SMILES string of the molecule is CCCN1c2ccc(/C=C3/SC(=Nc4cc(C)cc(C)c4)NC3=O)cc2C(C)=CC1(C)C. The number of nitrogens with one attached hydrogen (secondary N) is 1. The number of anilines is 1. The Bertz CT molecular complexity index is 1150. The summed E-state index contributed by atoms with van der Waals surface area (Å²) in [5.74, 6) is -0.100. The Kier molecular flexibility index (Phi) is 6.04. The van der Waals surface area contributed by atoms with Crippen LogP contribution in [0.25, 0.3) is 11.6 Å². The highest BCUT2D eigenvalue weighted by Gasteiger charge is 2.31. The predicted molar refractivity (Wildman–Crippen MR) is 139 cm³/mol. The zero-order valence-electron chi connectivity index (χ0n) is 19.7. The van der Waals surface area contributed by atoms with Crippen molar-refractivity contribution in [2.24, 2.45) is 4.99 Å². The monoisotopic (exact) mass is 445 g/mol. The van der Waals surface area contributed by atoms with E-state index >= 15 is 0 Å². The summed E-state index contributed by atoms with van der Waals surface area (Å²) in [5.41, 5.74) is 7.97. The van der Waals surface area contributed by atoms with Crippen LogP contribution in [-0.2, 0) is 4.79 Å². The fraction of sp³-hybridized carbons (Fsp3) is 0.333. The van der Waals surface area contributed by atoms with Crippen molar-refractivity contribution in [1.29, 1.82) is 0 Å². The first-order valence-corrected chi connectivity index (χ1v) is 12.0. The van der Waals surface area contributed by atoms with Crippen LogP contribution >= 0.6 is 11.8 Å². The molecular weight excluding hydrogens is 414 g/mol. The van der Waals surface area contributed by atoms with Gasteiger partial charge in [0.25, 0.3) is 5.91 Å². The van der Waals surface area contributed by atoms with Gasteiger partial charge in [-0.25, -0.2) is 4.99 Å². The Labute approximate surface area is 195 Å². The van der Waals surface area contributed by atoms with Gasteiger partial charge in [0, 0.05) is 17.8 Å². The van der Waals surface area contributed by atoms with Crippen molar-refractivity contribution >= 4 is 45.9 Å². The molecule has 1 amide bonds. The maximum absolute atomic E-state index is 12.6. The third kappa shape index (κ3) is 4.53. The number of hydrogen-bond donors (Lipinski definition) is 1. The quantitative estimate of drug-likeness (QED) is 0.539. The maximum atomic E-state index is 12.6. The standard InChI is InChI=1S/C27H31N3OS/c1-7-10-30-23-9-8-20(14-22(23)19(4)16-27(30,5)6)15-24-25(31)29-26(32-24)28-21-12-17(2)11-18(3)13-21/h8-9,11-16H,7,10H2,1-6H3,(H,28,29,31)/b24-15+. The van der Waals surface area contributed by atoms with E-state index in [9.17, 15) is 4.79 Å². The van der Waals surface area contributed by atoms with Crippen LogP contribution < -0.4 is 10.2 Å². The van der Waals surface area contributed by atoms with Crippen molar-refractivity contribution in [3.63, 3.8) is 0 Å². The number of hydrogen-bond acceptors (Lipinski definition) is 4. The van der Waals surface area contributed by atoms with Crippen LogP contribution in [0.2, 0.25) is 0 Å². The van der Waals surface area contributed by atoms with Crippen LogP contribution in [0.15, 0.2) is 52.4 Å². The smallest absolute Gasteiger partial charge is 0.264 e. The molecule has 2 aromatic carbocycles. The van der Waals surface area contributed by atoms with E-state index in [4.69, 9.17) is 0 Å². The molecule has 5 heteroatoms. The molecule has 2 heterocycles. The molecule has 0 atom stereocenters. The van der Waals surface area contributed by atoms with Gasteiger partial charge in [0.2, 0.25) is 0 Å². The van der Waals surface area contributed by atoms with Crippen LogP contribution in [0.1, 0.15) is 56.4 Å². The van der Waals surface area contributed by atoms with E-state index < -0.39 is 0 Å². The predicted octanol–water partition coefficient (Wildman–Crippen LogP) is 6.61. The summed E-state index contributed by atoms with van der Waals surface area (Å²) in [6.45, 7) is 14.0. The van der Waals surface area contributed by atoms with E-state index in [1.807, 2.05) is 18.2 Å². The number of amides is 1. The van der Waals surface area contributed by atoms with Gasteiger partial charge in [-0.2, -0.15) is 0 Å². The molecule has 1 N–H and O–H groups in total. The summed E-state index contributed by atoms with van der Waals surface area (Å²) in [6.07, 6.45) is 5.40. The number of rotatable bonds is 4. The molecule has 4 rings (SSSR count). The summed E-state index contributed by atoms with van der Waals surface area (Å²) < 4.78 is 0. The first-order chi connectivity index (χ1) is 15.2. The van der Waals surface area contributed by atoms with E-state index in [-0.39, 0.29) is 11.4 Å². The van der Waals surface area contributed by atoms with Gasteiger partial charge in [-0.3, -0.25) is 4.79 Å². The number of aryl methyl sites for hydroxylation is 2. The van der Waals surface area contributed by atoms with Crippen LogP contribution in [-0.4, -0.2) is 23.2 Å². The molecule has 0 aliphatic carbocycles. The second kappa shape index (κ2) is 8.62. The van der Waals surface area contributed by atoms with Crippen LogP contribution in [0.4, 0.5) is 11.4 Å². The highest BCUT2D eigenvalue weighted by molar-refractivity contribution is 8.18. The molecule has 0 spiro atoms. The molecule has 1 fully saturated rings. The largest absolute Gasteiger partial charge is 0.362 e. The van der Waals surface area contributed by atoms with Crippen molar-refractivity contribution in [1.82, 2.24) is 5.32 Å². The van der Waals surface area contributed by atoms with E-state index in [1.54, 1.807) is 0 Å². The lowest BCUT2D eigenvalue weighted by Crippen LogP contribution is -2.45. The molecule has 2 aliphatic rings. The van der Waals surface area contributed by atoms with Crippen molar-refractivity contribution in [3.05, 3.63) is 69.6 Å². The Morgan fingerprint density at radius 1 is 1.09 bits per heavy atom. The third-order valence-corrected chi connectivity index (χ3v) is 6.74. The van der Waals surface area contributed by atoms with E-state index in [0.717, 1.165) is 35.3 Å². The second-order valence-electron chi connectivity index (χ2n) is 9.24. The normalized spacial score (nSPS) is 19.9. The molecule has 0 bridgehead atoms. The Morgan fingerprint density at radius 3 is 2.50 bits per heavy atom. The third-order valence-electron chi connectivity index (χ3n) is 5.83. The molecule has 0 unspecified atom stereocenters. The Morgan fingerprint density at radius 2 is 1.81 bits per heavy atom. The number of allylic oxidation sites excluding steroid dienone is 1. The van der Waals surface area contributed by atoms with Gasteiger partial charge in [0.15, 0.2) is 5.17 Å². The zero-order chi connectivity index (χ0) is 23.0. The average Bonchev–Trinajstić information content (AvgIpc) is 3.02. The van der Waals surface area contributed by atoms with Gasteiger partial charge in [-0.15, -0.1) is 0 Å². The molecule has 2 aliphatic heterocycles. The van der Waals surface area contributed by atoms with Gasteiger partial charge < -0.3 is 10.2 Å². The molecule has 0 radical (unpaired) electrons. The molecular formula is C27H31N3OS. The zero-order valence-corrected chi connectivity index (χ0v) is 20.6. The minimum absolute atomic E-state index is 0.00617. The molecule has 2 aromatic rings. The molecule has 32 heavy (non-hydrogen) atoms. The Hall–Kier alpha value is -2.79. The van der Waals surface area contributed by atoms with Gasteiger partial charge in [0.1, 0.15) is 0 Å². The number of benzene rings is 2. The highest BCUT2D eigenvalue weighted by Crippen LogP contribution is 2.40. The Balaban J connectivity index is 1.63. The highest BCUT2D eigenvalue weighted by atomic mass is 32.2. The van der Waals surface area contributed by atoms with Crippen LogP contribution in [0.5, 0.6) is 0 Å². The lowest BCUT2D eigenvalue weighted by atomic mass is 9.88. The number of carbonyl (C=O) groups is 1. The van der Waals surface area contributed by atoms with Crippen LogP contribution in [0.3, 0.4) is 0 Å². The molecule has 0 aromatic heterocycles. The number of thioether (sulfide) groups is 1. The molecule has 4 nitrogen and oxygen atoms in total. The molecule has 166 valence electrons. The summed E-state index contributed by atoms with van der Waals surface area (Å²) in [7, 11) is 0. The number of carbonyl (C=O) groups excluding carboxylic acids is 1. The maximum Gasteiger partial charge on any atom is 0.264 e. The fourth-order valence-corrected chi connectivity index (χ4v) is 5.43. The fourth-order valence-electron chi connectivity index (χ4n) is 4.59. The average molecular weight is 446 g/mol. The number of fused-ring (bicyclic) bond motifs is 1. The minimum atomic E-state index is -0.100. The summed E-state index contributed by atoms with van der Waals surface area (Å²) >= 11 is 1.39. The second-order valence-corrected chi connectivity index (χ2v) is 10.3. The molecule has 1 saturated heterocycles. The van der Waals surface area contributed by atoms with E-state index in [2.05, 4.69) is 87.1 Å². The first-order valence-electron chi connectivity index (χ1n) is 11.2. The van der Waals surface area contributed by atoms with Gasteiger partial charge in [-0.05, 0) is 105 Å². The van der Waals surface area contributed by atoms with Crippen molar-refractivity contribution in [2.75, 3.05) is 11.4 Å². The van der Waals surface area contributed by atoms with Crippen LogP contribution in [0, 0.1) is 13.8 Å². The van der Waals surface area contributed by atoms with Crippen molar-refractivity contribution in [2.45, 2.75) is 53.5 Å². The number of nitrogens with zero attached hydrogens (tertiary/aromatic N) is 2.